The van der Waals surface area contributed by atoms with Crippen LogP contribution >= 0.6 is 0 Å². The van der Waals surface area contributed by atoms with Crippen molar-refractivity contribution in [3.63, 3.8) is 0 Å². The smallest absolute Gasteiger partial charge is 0.0157 e. The van der Waals surface area contributed by atoms with E-state index in [-0.39, 0.29) is 0 Å². The van der Waals surface area contributed by atoms with Gasteiger partial charge < -0.3 is 0 Å². The number of hydrogen-bond acceptors (Lipinski definition) is 0. The molecule has 0 heteroatoms. The molecule has 0 N–H and O–H groups in total. The van der Waals surface area contributed by atoms with Crippen molar-refractivity contribution in [3.8, 4) is 0 Å². The highest BCUT2D eigenvalue weighted by molar-refractivity contribution is 5.28. The molecule has 2 unspecified atom stereocenters. The van der Waals surface area contributed by atoms with Crippen molar-refractivity contribution in [3.05, 3.63) is 70.8 Å². The number of hydrogen-bond donors (Lipinski definition) is 0. The summed E-state index contributed by atoms with van der Waals surface area (Å²) < 4.78 is 0. The van der Waals surface area contributed by atoms with Crippen molar-refractivity contribution in [1.82, 2.24) is 0 Å². The molecule has 1 aliphatic rings. The van der Waals surface area contributed by atoms with Crippen molar-refractivity contribution in [2.45, 2.75) is 58.8 Å². The average Bonchev–Trinajstić information content (AvgIpc) is 2.54. The second-order valence-electron chi connectivity index (χ2n) is 7.84. The maximum absolute atomic E-state index is 2.42. The third-order valence-corrected chi connectivity index (χ3v) is 5.45. The van der Waals surface area contributed by atoms with E-state index in [1.54, 1.807) is 5.56 Å². The number of aryl methyl sites for hydroxylation is 3. The number of benzene rings is 2. The van der Waals surface area contributed by atoms with Crippen LogP contribution in [0.1, 0.15) is 61.3 Å². The fourth-order valence-corrected chi connectivity index (χ4v) is 4.22. The van der Waals surface area contributed by atoms with E-state index in [1.807, 2.05) is 0 Å². The molecule has 0 nitrogen and oxygen atoms in total. The van der Waals surface area contributed by atoms with Gasteiger partial charge in [-0.25, -0.2) is 0 Å². The van der Waals surface area contributed by atoms with Gasteiger partial charge in [-0.15, -0.1) is 0 Å². The van der Waals surface area contributed by atoms with Crippen molar-refractivity contribution in [2.24, 2.45) is 11.8 Å². The van der Waals surface area contributed by atoms with Crippen LogP contribution in [0.2, 0.25) is 0 Å². The van der Waals surface area contributed by atoms with E-state index < -0.39 is 0 Å². The predicted molar refractivity (Wildman–Crippen MR) is 99.9 cm³/mol. The SMILES string of the molecule is Cc1ccc(CCc2ccc(C3CC(C)CC(C)C3)cc2)cc1. The molecule has 122 valence electrons. The zero-order chi connectivity index (χ0) is 16.2. The molecule has 1 saturated carbocycles. The third-order valence-electron chi connectivity index (χ3n) is 5.45. The summed E-state index contributed by atoms with van der Waals surface area (Å²) >= 11 is 0. The summed E-state index contributed by atoms with van der Waals surface area (Å²) in [6, 6.07) is 18.4. The number of rotatable bonds is 4. The quantitative estimate of drug-likeness (QED) is 0.620. The highest BCUT2D eigenvalue weighted by Crippen LogP contribution is 2.39. The maximum atomic E-state index is 2.42. The van der Waals surface area contributed by atoms with Gasteiger partial charge in [0.15, 0.2) is 0 Å². The predicted octanol–water partition coefficient (Wildman–Crippen LogP) is 6.32. The minimum Gasteiger partial charge on any atom is -0.0625 e. The lowest BCUT2D eigenvalue weighted by Gasteiger charge is -2.31. The van der Waals surface area contributed by atoms with Crippen LogP contribution in [0.4, 0.5) is 0 Å². The van der Waals surface area contributed by atoms with E-state index in [0.29, 0.717) is 0 Å². The molecule has 0 heterocycles. The Labute approximate surface area is 141 Å². The van der Waals surface area contributed by atoms with Gasteiger partial charge in [-0.05, 0) is 73.5 Å². The van der Waals surface area contributed by atoms with Crippen LogP contribution in [-0.4, -0.2) is 0 Å². The second kappa shape index (κ2) is 7.34. The summed E-state index contributed by atoms with van der Waals surface area (Å²) in [6.45, 7) is 6.98. The lowest BCUT2D eigenvalue weighted by atomic mass is 9.74. The molecular weight excluding hydrogens is 276 g/mol. The monoisotopic (exact) mass is 306 g/mol. The first-order valence-corrected chi connectivity index (χ1v) is 9.24. The van der Waals surface area contributed by atoms with E-state index >= 15 is 0 Å². The zero-order valence-corrected chi connectivity index (χ0v) is 14.9. The molecule has 0 spiro atoms. The molecule has 0 aromatic heterocycles. The van der Waals surface area contributed by atoms with Crippen LogP contribution in [0.3, 0.4) is 0 Å². The largest absolute Gasteiger partial charge is 0.0625 e. The van der Waals surface area contributed by atoms with Crippen LogP contribution in [0.25, 0.3) is 0 Å². The average molecular weight is 306 g/mol. The molecule has 0 radical (unpaired) electrons. The summed E-state index contributed by atoms with van der Waals surface area (Å²) in [6.07, 6.45) is 6.42. The first-order chi connectivity index (χ1) is 11.1. The highest BCUT2D eigenvalue weighted by atomic mass is 14.3. The van der Waals surface area contributed by atoms with E-state index in [2.05, 4.69) is 69.3 Å². The van der Waals surface area contributed by atoms with Gasteiger partial charge in [0.1, 0.15) is 0 Å². The molecule has 1 fully saturated rings. The van der Waals surface area contributed by atoms with Gasteiger partial charge in [0.05, 0.1) is 0 Å². The van der Waals surface area contributed by atoms with Gasteiger partial charge >= 0.3 is 0 Å². The Morgan fingerprint density at radius 1 is 0.696 bits per heavy atom. The summed E-state index contributed by atoms with van der Waals surface area (Å²) in [5.74, 6) is 2.54. The molecule has 2 aromatic carbocycles. The van der Waals surface area contributed by atoms with Crippen molar-refractivity contribution in [1.29, 1.82) is 0 Å². The lowest BCUT2D eigenvalue weighted by molar-refractivity contribution is 0.268. The van der Waals surface area contributed by atoms with Gasteiger partial charge in [0, 0.05) is 0 Å². The van der Waals surface area contributed by atoms with Crippen LogP contribution in [-0.2, 0) is 12.8 Å². The molecule has 0 amide bonds. The van der Waals surface area contributed by atoms with E-state index in [4.69, 9.17) is 0 Å². The van der Waals surface area contributed by atoms with Crippen LogP contribution in [0.15, 0.2) is 48.5 Å². The van der Waals surface area contributed by atoms with Crippen molar-refractivity contribution >= 4 is 0 Å². The molecular formula is C23H30. The third kappa shape index (κ3) is 4.47. The van der Waals surface area contributed by atoms with Gasteiger partial charge in [0.2, 0.25) is 0 Å². The Morgan fingerprint density at radius 3 is 1.70 bits per heavy atom. The lowest BCUT2D eigenvalue weighted by Crippen LogP contribution is -2.18. The van der Waals surface area contributed by atoms with E-state index in [0.717, 1.165) is 30.6 Å². The molecule has 1 aliphatic carbocycles. The van der Waals surface area contributed by atoms with Crippen LogP contribution < -0.4 is 0 Å². The standard InChI is InChI=1S/C23H30/c1-17-4-6-20(7-5-17)8-9-21-10-12-22(13-11-21)23-15-18(2)14-19(3)16-23/h4-7,10-13,18-19,23H,8-9,14-16H2,1-3H3. The van der Waals surface area contributed by atoms with E-state index in [9.17, 15) is 0 Å². The Kier molecular flexibility index (Phi) is 5.20. The Bertz CT molecular complexity index is 595. The second-order valence-corrected chi connectivity index (χ2v) is 7.84. The van der Waals surface area contributed by atoms with Gasteiger partial charge in [0.25, 0.3) is 0 Å². The van der Waals surface area contributed by atoms with Gasteiger partial charge in [-0.2, -0.15) is 0 Å². The van der Waals surface area contributed by atoms with Gasteiger partial charge in [-0.1, -0.05) is 67.9 Å². The summed E-state index contributed by atoms with van der Waals surface area (Å²) in [5.41, 5.74) is 5.80. The topological polar surface area (TPSA) is 0 Å². The molecule has 0 saturated heterocycles. The minimum atomic E-state index is 0.778. The summed E-state index contributed by atoms with van der Waals surface area (Å²) in [5, 5.41) is 0. The van der Waals surface area contributed by atoms with Crippen molar-refractivity contribution < 1.29 is 0 Å². The first kappa shape index (κ1) is 16.3. The molecule has 0 bridgehead atoms. The zero-order valence-electron chi connectivity index (χ0n) is 14.9. The minimum absolute atomic E-state index is 0.778. The fourth-order valence-electron chi connectivity index (χ4n) is 4.22. The van der Waals surface area contributed by atoms with E-state index in [1.165, 1.54) is 36.0 Å². The summed E-state index contributed by atoms with van der Waals surface area (Å²) in [7, 11) is 0. The van der Waals surface area contributed by atoms with Gasteiger partial charge in [-0.3, -0.25) is 0 Å². The highest BCUT2D eigenvalue weighted by Gasteiger charge is 2.24. The normalized spacial score (nSPS) is 24.6. The van der Waals surface area contributed by atoms with Crippen molar-refractivity contribution in [2.75, 3.05) is 0 Å². The molecule has 0 aliphatic heterocycles. The maximum Gasteiger partial charge on any atom is -0.0157 e. The molecule has 2 atom stereocenters. The molecule has 23 heavy (non-hydrogen) atoms. The summed E-state index contributed by atoms with van der Waals surface area (Å²) in [4.78, 5) is 0. The Morgan fingerprint density at radius 2 is 1.17 bits per heavy atom. The molecule has 3 rings (SSSR count). The first-order valence-electron chi connectivity index (χ1n) is 9.24. The van der Waals surface area contributed by atoms with Crippen LogP contribution in [0.5, 0.6) is 0 Å². The molecule has 2 aromatic rings. The van der Waals surface area contributed by atoms with Crippen LogP contribution in [0, 0.1) is 18.8 Å². The Hall–Kier alpha value is -1.56. The Balaban J connectivity index is 1.59. The fraction of sp³-hybridized carbons (Fsp3) is 0.478.